The standard InChI is InChI=1S/C22H23ClN4O/c1-3-27(15-18-7-5-4-6-8-18)21(28)20-13-16(2)25-22(26-20)24-14-17-9-11-19(23)12-10-17/h4-13H,3,14-15H2,1-2H3,(H,24,25,26). The lowest BCUT2D eigenvalue weighted by Gasteiger charge is -2.21. The summed E-state index contributed by atoms with van der Waals surface area (Å²) < 4.78 is 0. The van der Waals surface area contributed by atoms with Crippen LogP contribution in [0.5, 0.6) is 0 Å². The molecule has 0 unspecified atom stereocenters. The summed E-state index contributed by atoms with van der Waals surface area (Å²) in [6.07, 6.45) is 0. The fourth-order valence-corrected chi connectivity index (χ4v) is 2.96. The van der Waals surface area contributed by atoms with Crippen LogP contribution in [0.1, 0.15) is 34.2 Å². The van der Waals surface area contributed by atoms with Gasteiger partial charge in [0.05, 0.1) is 0 Å². The van der Waals surface area contributed by atoms with Gasteiger partial charge in [0.1, 0.15) is 5.69 Å². The van der Waals surface area contributed by atoms with Crippen LogP contribution < -0.4 is 5.32 Å². The third-order valence-corrected chi connectivity index (χ3v) is 4.57. The Kier molecular flexibility index (Phi) is 6.61. The fourth-order valence-electron chi connectivity index (χ4n) is 2.83. The van der Waals surface area contributed by atoms with Gasteiger partial charge in [0.15, 0.2) is 0 Å². The molecule has 5 nitrogen and oxygen atoms in total. The number of nitrogens with zero attached hydrogens (tertiary/aromatic N) is 3. The van der Waals surface area contributed by atoms with Gasteiger partial charge in [-0.25, -0.2) is 9.97 Å². The van der Waals surface area contributed by atoms with Gasteiger partial charge in [0.2, 0.25) is 5.95 Å². The van der Waals surface area contributed by atoms with Crippen molar-refractivity contribution in [3.63, 3.8) is 0 Å². The molecule has 1 amide bonds. The molecule has 1 N–H and O–H groups in total. The molecule has 0 saturated heterocycles. The van der Waals surface area contributed by atoms with E-state index >= 15 is 0 Å². The minimum atomic E-state index is -0.105. The maximum Gasteiger partial charge on any atom is 0.272 e. The average Bonchev–Trinajstić information content (AvgIpc) is 2.71. The quantitative estimate of drug-likeness (QED) is 0.630. The molecule has 1 aromatic heterocycles. The van der Waals surface area contributed by atoms with Gasteiger partial charge in [0.25, 0.3) is 5.91 Å². The molecule has 0 aliphatic rings. The number of rotatable bonds is 7. The fraction of sp³-hybridized carbons (Fsp3) is 0.227. The minimum absolute atomic E-state index is 0.105. The molecule has 0 aliphatic heterocycles. The third-order valence-electron chi connectivity index (χ3n) is 4.32. The van der Waals surface area contributed by atoms with Crippen LogP contribution in [0.25, 0.3) is 0 Å². The number of hydrogen-bond donors (Lipinski definition) is 1. The number of benzene rings is 2. The zero-order valence-electron chi connectivity index (χ0n) is 16.0. The highest BCUT2D eigenvalue weighted by Gasteiger charge is 2.17. The first kappa shape index (κ1) is 19.8. The summed E-state index contributed by atoms with van der Waals surface area (Å²) in [5, 5.41) is 3.88. The van der Waals surface area contributed by atoms with E-state index in [9.17, 15) is 4.79 Å². The molecule has 0 saturated carbocycles. The number of hydrogen-bond acceptors (Lipinski definition) is 4. The van der Waals surface area contributed by atoms with Gasteiger partial charge in [-0.2, -0.15) is 0 Å². The number of halogens is 1. The minimum Gasteiger partial charge on any atom is -0.350 e. The number of aryl methyl sites for hydroxylation is 1. The van der Waals surface area contributed by atoms with Gasteiger partial charge in [-0.1, -0.05) is 54.1 Å². The molecule has 0 bridgehead atoms. The molecule has 3 aromatic rings. The van der Waals surface area contributed by atoms with Crippen molar-refractivity contribution in [3.05, 3.63) is 88.2 Å². The molecule has 144 valence electrons. The molecule has 6 heteroatoms. The molecule has 0 atom stereocenters. The normalized spacial score (nSPS) is 10.5. The Hall–Kier alpha value is -2.92. The molecule has 1 heterocycles. The van der Waals surface area contributed by atoms with Crippen molar-refractivity contribution in [2.45, 2.75) is 26.9 Å². The Morgan fingerprint density at radius 1 is 1.04 bits per heavy atom. The first-order chi connectivity index (χ1) is 13.5. The van der Waals surface area contributed by atoms with E-state index in [0.29, 0.717) is 36.3 Å². The van der Waals surface area contributed by atoms with Crippen LogP contribution in [0.4, 0.5) is 5.95 Å². The summed E-state index contributed by atoms with van der Waals surface area (Å²) in [5.74, 6) is 0.334. The second-order valence-corrected chi connectivity index (χ2v) is 6.94. The molecule has 28 heavy (non-hydrogen) atoms. The van der Waals surface area contributed by atoms with Crippen LogP contribution in [-0.2, 0) is 13.1 Å². The maximum atomic E-state index is 13.0. The van der Waals surface area contributed by atoms with E-state index in [1.165, 1.54) is 0 Å². The van der Waals surface area contributed by atoms with Gasteiger partial charge >= 0.3 is 0 Å². The van der Waals surface area contributed by atoms with E-state index in [1.54, 1.807) is 11.0 Å². The lowest BCUT2D eigenvalue weighted by Crippen LogP contribution is -2.31. The number of carbonyl (C=O) groups is 1. The van der Waals surface area contributed by atoms with Crippen LogP contribution in [0.15, 0.2) is 60.7 Å². The highest BCUT2D eigenvalue weighted by atomic mass is 35.5. The maximum absolute atomic E-state index is 13.0. The summed E-state index contributed by atoms with van der Waals surface area (Å²) in [5.41, 5.74) is 3.28. The Morgan fingerprint density at radius 3 is 2.43 bits per heavy atom. The summed E-state index contributed by atoms with van der Waals surface area (Å²) >= 11 is 5.92. The van der Waals surface area contributed by atoms with E-state index < -0.39 is 0 Å². The molecule has 2 aromatic carbocycles. The summed E-state index contributed by atoms with van der Waals surface area (Å²) in [7, 11) is 0. The lowest BCUT2D eigenvalue weighted by atomic mass is 10.2. The van der Waals surface area contributed by atoms with Gasteiger partial charge in [0, 0.05) is 30.4 Å². The van der Waals surface area contributed by atoms with Gasteiger partial charge < -0.3 is 10.2 Å². The van der Waals surface area contributed by atoms with E-state index in [1.807, 2.05) is 68.4 Å². The van der Waals surface area contributed by atoms with E-state index in [2.05, 4.69) is 15.3 Å². The summed E-state index contributed by atoms with van der Waals surface area (Å²) in [6, 6.07) is 19.2. The molecular formula is C22H23ClN4O. The molecule has 3 rings (SSSR count). The number of nitrogens with one attached hydrogen (secondary N) is 1. The van der Waals surface area contributed by atoms with Crippen molar-refractivity contribution < 1.29 is 4.79 Å². The first-order valence-electron chi connectivity index (χ1n) is 9.22. The number of anilines is 1. The number of amides is 1. The summed E-state index contributed by atoms with van der Waals surface area (Å²) in [6.45, 7) is 5.53. The van der Waals surface area contributed by atoms with Crippen molar-refractivity contribution in [1.82, 2.24) is 14.9 Å². The van der Waals surface area contributed by atoms with Gasteiger partial charge in [-0.3, -0.25) is 4.79 Å². The van der Waals surface area contributed by atoms with Crippen molar-refractivity contribution in [1.29, 1.82) is 0 Å². The first-order valence-corrected chi connectivity index (χ1v) is 9.60. The van der Waals surface area contributed by atoms with E-state index in [0.717, 1.165) is 16.8 Å². The SMILES string of the molecule is CCN(Cc1ccccc1)C(=O)c1cc(C)nc(NCc2ccc(Cl)cc2)n1. The van der Waals surface area contributed by atoms with E-state index in [-0.39, 0.29) is 5.91 Å². The van der Waals surface area contributed by atoms with Crippen LogP contribution in [0.2, 0.25) is 5.02 Å². The van der Waals surface area contributed by atoms with Gasteiger partial charge in [-0.05, 0) is 43.2 Å². The Morgan fingerprint density at radius 2 is 1.75 bits per heavy atom. The van der Waals surface area contributed by atoms with Crippen molar-refractivity contribution in [3.8, 4) is 0 Å². The third kappa shape index (κ3) is 5.30. The topological polar surface area (TPSA) is 58.1 Å². The Bertz CT molecular complexity index is 929. The Labute approximate surface area is 170 Å². The van der Waals surface area contributed by atoms with Crippen LogP contribution in [0, 0.1) is 6.92 Å². The summed E-state index contributed by atoms with van der Waals surface area (Å²) in [4.78, 5) is 23.6. The number of aromatic nitrogens is 2. The molecule has 0 spiro atoms. The molecule has 0 fully saturated rings. The van der Waals surface area contributed by atoms with Gasteiger partial charge in [-0.15, -0.1) is 0 Å². The Balaban J connectivity index is 1.73. The highest BCUT2D eigenvalue weighted by molar-refractivity contribution is 6.30. The lowest BCUT2D eigenvalue weighted by molar-refractivity contribution is 0.0746. The van der Waals surface area contributed by atoms with Crippen molar-refractivity contribution in [2.75, 3.05) is 11.9 Å². The second-order valence-electron chi connectivity index (χ2n) is 6.50. The van der Waals surface area contributed by atoms with Crippen LogP contribution in [-0.4, -0.2) is 27.3 Å². The monoisotopic (exact) mass is 394 g/mol. The second kappa shape index (κ2) is 9.33. The van der Waals surface area contributed by atoms with Crippen molar-refractivity contribution in [2.24, 2.45) is 0 Å². The predicted octanol–water partition coefficient (Wildman–Crippen LogP) is 4.71. The molecule has 0 radical (unpaired) electrons. The average molecular weight is 395 g/mol. The number of carbonyl (C=O) groups excluding carboxylic acids is 1. The van der Waals surface area contributed by atoms with Crippen LogP contribution in [0.3, 0.4) is 0 Å². The smallest absolute Gasteiger partial charge is 0.272 e. The molecule has 0 aliphatic carbocycles. The van der Waals surface area contributed by atoms with E-state index in [4.69, 9.17) is 11.6 Å². The molecular weight excluding hydrogens is 372 g/mol. The highest BCUT2D eigenvalue weighted by Crippen LogP contribution is 2.13. The predicted molar refractivity (Wildman–Crippen MR) is 112 cm³/mol. The zero-order chi connectivity index (χ0) is 19.9. The zero-order valence-corrected chi connectivity index (χ0v) is 16.8. The van der Waals surface area contributed by atoms with Crippen LogP contribution >= 0.6 is 11.6 Å². The largest absolute Gasteiger partial charge is 0.350 e. The van der Waals surface area contributed by atoms with Crippen molar-refractivity contribution >= 4 is 23.5 Å².